The lowest BCUT2D eigenvalue weighted by molar-refractivity contribution is -0.137. The van der Waals surface area contributed by atoms with E-state index in [1.165, 1.54) is 19.3 Å². The number of rotatable bonds is 3. The molecule has 3 aliphatic rings. The minimum atomic E-state index is 0.372. The molecule has 3 fully saturated rings. The zero-order valence-electron chi connectivity index (χ0n) is 11.7. The Morgan fingerprint density at radius 2 is 2.00 bits per heavy atom. The maximum Gasteiger partial charge on any atom is 0.225 e. The van der Waals surface area contributed by atoms with E-state index in [2.05, 4.69) is 24.1 Å². The number of fused-ring (bicyclic) bond motifs is 1. The van der Waals surface area contributed by atoms with Crippen LogP contribution >= 0.6 is 0 Å². The first-order valence-corrected chi connectivity index (χ1v) is 7.71. The molecular weight excluding hydrogens is 224 g/mol. The predicted octanol–water partition coefficient (Wildman–Crippen LogP) is 1.88. The molecule has 102 valence electrons. The van der Waals surface area contributed by atoms with Crippen molar-refractivity contribution in [2.24, 2.45) is 23.7 Å². The third kappa shape index (κ3) is 2.29. The lowest BCUT2D eigenvalue weighted by atomic mass is 9.92. The van der Waals surface area contributed by atoms with Gasteiger partial charge in [-0.3, -0.25) is 4.79 Å². The minimum absolute atomic E-state index is 0.372. The van der Waals surface area contributed by atoms with Crippen LogP contribution in [-0.4, -0.2) is 36.5 Å². The molecule has 0 aromatic heterocycles. The van der Waals surface area contributed by atoms with Crippen molar-refractivity contribution in [3.05, 3.63) is 0 Å². The normalized spacial score (nSPS) is 42.8. The molecule has 0 aromatic rings. The van der Waals surface area contributed by atoms with Gasteiger partial charge in [-0.25, -0.2) is 0 Å². The van der Waals surface area contributed by atoms with Crippen LogP contribution in [0.3, 0.4) is 0 Å². The summed E-state index contributed by atoms with van der Waals surface area (Å²) < 4.78 is 0. The van der Waals surface area contributed by atoms with Crippen molar-refractivity contribution < 1.29 is 4.79 Å². The Kier molecular flexibility index (Phi) is 3.35. The van der Waals surface area contributed by atoms with Gasteiger partial charge in [0.15, 0.2) is 0 Å². The lowest BCUT2D eigenvalue weighted by Gasteiger charge is -2.38. The molecule has 1 aliphatic heterocycles. The van der Waals surface area contributed by atoms with Gasteiger partial charge in [0.05, 0.1) is 0 Å². The second-order valence-electron chi connectivity index (χ2n) is 6.64. The first-order chi connectivity index (χ1) is 8.69. The highest BCUT2D eigenvalue weighted by Gasteiger charge is 2.49. The molecule has 2 aliphatic carbocycles. The van der Waals surface area contributed by atoms with Gasteiger partial charge in [-0.05, 0) is 50.0 Å². The van der Waals surface area contributed by atoms with Crippen LogP contribution in [0, 0.1) is 23.7 Å². The Bertz CT molecular complexity index is 320. The van der Waals surface area contributed by atoms with Crippen molar-refractivity contribution in [1.82, 2.24) is 10.2 Å². The zero-order valence-corrected chi connectivity index (χ0v) is 11.7. The fourth-order valence-corrected chi connectivity index (χ4v) is 4.09. The van der Waals surface area contributed by atoms with Gasteiger partial charge >= 0.3 is 0 Å². The summed E-state index contributed by atoms with van der Waals surface area (Å²) in [6.07, 6.45) is 4.90. The van der Waals surface area contributed by atoms with Crippen LogP contribution in [0.15, 0.2) is 0 Å². The summed E-state index contributed by atoms with van der Waals surface area (Å²) >= 11 is 0. The lowest BCUT2D eigenvalue weighted by Crippen LogP contribution is -2.51. The number of nitrogens with one attached hydrogen (secondary N) is 1. The number of hydrogen-bond acceptors (Lipinski definition) is 2. The van der Waals surface area contributed by atoms with Crippen LogP contribution in [0.1, 0.15) is 39.5 Å². The summed E-state index contributed by atoms with van der Waals surface area (Å²) in [5, 5.41) is 3.54. The highest BCUT2D eigenvalue weighted by molar-refractivity contribution is 5.79. The minimum Gasteiger partial charge on any atom is -0.342 e. The van der Waals surface area contributed by atoms with E-state index in [-0.39, 0.29) is 0 Å². The van der Waals surface area contributed by atoms with Crippen molar-refractivity contribution in [2.75, 3.05) is 19.6 Å². The molecule has 1 saturated heterocycles. The highest BCUT2D eigenvalue weighted by Crippen LogP contribution is 2.54. The first kappa shape index (κ1) is 12.5. The van der Waals surface area contributed by atoms with E-state index in [0.717, 1.165) is 37.9 Å². The monoisotopic (exact) mass is 250 g/mol. The molecule has 3 heteroatoms. The molecule has 0 radical (unpaired) electrons. The number of hydrogen-bond donors (Lipinski definition) is 1. The summed E-state index contributed by atoms with van der Waals surface area (Å²) in [6, 6.07) is 0.607. The SMILES string of the molecule is CCNC1CCN(C(=O)C2CC3CC3C2)CC1C. The second-order valence-corrected chi connectivity index (χ2v) is 6.64. The van der Waals surface area contributed by atoms with Crippen LogP contribution in [-0.2, 0) is 4.79 Å². The molecule has 1 heterocycles. The summed E-state index contributed by atoms with van der Waals surface area (Å²) in [5.74, 6) is 3.26. The van der Waals surface area contributed by atoms with Crippen molar-refractivity contribution in [3.8, 4) is 0 Å². The van der Waals surface area contributed by atoms with Crippen molar-refractivity contribution in [3.63, 3.8) is 0 Å². The van der Waals surface area contributed by atoms with E-state index >= 15 is 0 Å². The fourth-order valence-electron chi connectivity index (χ4n) is 4.09. The highest BCUT2D eigenvalue weighted by atomic mass is 16.2. The second kappa shape index (κ2) is 4.84. The molecule has 3 nitrogen and oxygen atoms in total. The third-order valence-corrected chi connectivity index (χ3v) is 5.28. The van der Waals surface area contributed by atoms with Crippen molar-refractivity contribution in [1.29, 1.82) is 0 Å². The molecule has 0 spiro atoms. The molecule has 1 amide bonds. The Morgan fingerprint density at radius 1 is 1.28 bits per heavy atom. The number of amides is 1. The van der Waals surface area contributed by atoms with E-state index in [4.69, 9.17) is 0 Å². The van der Waals surface area contributed by atoms with Crippen molar-refractivity contribution in [2.45, 2.75) is 45.6 Å². The van der Waals surface area contributed by atoms with E-state index in [9.17, 15) is 4.79 Å². The Morgan fingerprint density at radius 3 is 2.61 bits per heavy atom. The van der Waals surface area contributed by atoms with Gasteiger partial charge in [-0.2, -0.15) is 0 Å². The summed E-state index contributed by atoms with van der Waals surface area (Å²) in [5.41, 5.74) is 0. The van der Waals surface area contributed by atoms with Gasteiger partial charge in [-0.1, -0.05) is 13.8 Å². The molecule has 1 N–H and O–H groups in total. The maximum absolute atomic E-state index is 12.5. The van der Waals surface area contributed by atoms with E-state index in [0.29, 0.717) is 23.8 Å². The molecule has 3 rings (SSSR count). The number of piperidine rings is 1. The molecule has 0 bridgehead atoms. The molecule has 4 unspecified atom stereocenters. The standard InChI is InChI=1S/C15H26N2O/c1-3-16-14-4-5-17(9-10(14)2)15(18)13-7-11-6-12(11)8-13/h10-14,16H,3-9H2,1-2H3. The van der Waals surface area contributed by atoms with E-state index in [1.54, 1.807) is 0 Å². The largest absolute Gasteiger partial charge is 0.342 e. The first-order valence-electron chi connectivity index (χ1n) is 7.71. The smallest absolute Gasteiger partial charge is 0.225 e. The summed E-state index contributed by atoms with van der Waals surface area (Å²) in [7, 11) is 0. The van der Waals surface area contributed by atoms with E-state index in [1.807, 2.05) is 0 Å². The van der Waals surface area contributed by atoms with Crippen LogP contribution in [0.5, 0.6) is 0 Å². The van der Waals surface area contributed by atoms with Gasteiger partial charge in [-0.15, -0.1) is 0 Å². The molecule has 2 saturated carbocycles. The Hall–Kier alpha value is -0.570. The van der Waals surface area contributed by atoms with Gasteiger partial charge in [0, 0.05) is 25.0 Å². The molecule has 18 heavy (non-hydrogen) atoms. The Balaban J connectivity index is 1.53. The van der Waals surface area contributed by atoms with E-state index < -0.39 is 0 Å². The van der Waals surface area contributed by atoms with Crippen LogP contribution in [0.4, 0.5) is 0 Å². The quantitative estimate of drug-likeness (QED) is 0.829. The maximum atomic E-state index is 12.5. The molecule has 0 aromatic carbocycles. The van der Waals surface area contributed by atoms with Crippen LogP contribution in [0.2, 0.25) is 0 Å². The fraction of sp³-hybridized carbons (Fsp3) is 0.933. The van der Waals surface area contributed by atoms with Gasteiger partial charge in [0.1, 0.15) is 0 Å². The number of likely N-dealkylation sites (tertiary alicyclic amines) is 1. The van der Waals surface area contributed by atoms with Gasteiger partial charge in [0.2, 0.25) is 5.91 Å². The van der Waals surface area contributed by atoms with Gasteiger partial charge < -0.3 is 10.2 Å². The summed E-state index contributed by atoms with van der Waals surface area (Å²) in [4.78, 5) is 14.6. The third-order valence-electron chi connectivity index (χ3n) is 5.28. The zero-order chi connectivity index (χ0) is 12.7. The summed E-state index contributed by atoms with van der Waals surface area (Å²) in [6.45, 7) is 7.40. The van der Waals surface area contributed by atoms with Crippen LogP contribution < -0.4 is 5.32 Å². The topological polar surface area (TPSA) is 32.3 Å². The molecule has 4 atom stereocenters. The van der Waals surface area contributed by atoms with Crippen LogP contribution in [0.25, 0.3) is 0 Å². The Labute approximate surface area is 110 Å². The van der Waals surface area contributed by atoms with Gasteiger partial charge in [0.25, 0.3) is 0 Å². The average Bonchev–Trinajstić information content (AvgIpc) is 2.98. The average molecular weight is 250 g/mol. The number of nitrogens with zero attached hydrogens (tertiary/aromatic N) is 1. The number of carbonyl (C=O) groups excluding carboxylic acids is 1. The van der Waals surface area contributed by atoms with Crippen molar-refractivity contribution >= 4 is 5.91 Å². The number of carbonyl (C=O) groups is 1. The molecular formula is C15H26N2O. The predicted molar refractivity (Wildman–Crippen MR) is 72.1 cm³/mol.